The molecule has 3 amide bonds. The van der Waals surface area contributed by atoms with Crippen LogP contribution < -0.4 is 5.32 Å². The molecule has 0 unspecified atom stereocenters. The molecule has 4 rings (SSSR count). The third-order valence-corrected chi connectivity index (χ3v) is 9.83. The number of hydrogen-bond donors (Lipinski definition) is 1. The van der Waals surface area contributed by atoms with Crippen molar-refractivity contribution >= 4 is 40.2 Å². The van der Waals surface area contributed by atoms with Gasteiger partial charge in [-0.1, -0.05) is 25.2 Å². The molecule has 0 aromatic carbocycles. The molecule has 36 heavy (non-hydrogen) atoms. The number of aromatic nitrogens is 1. The molecule has 1 aliphatic carbocycles. The molecule has 1 aromatic rings. The molecule has 1 saturated carbocycles. The van der Waals surface area contributed by atoms with E-state index in [2.05, 4.69) is 27.0 Å². The summed E-state index contributed by atoms with van der Waals surface area (Å²) in [6, 6.07) is 0.426. The van der Waals surface area contributed by atoms with E-state index in [0.29, 0.717) is 11.6 Å². The predicted octanol–water partition coefficient (Wildman–Crippen LogP) is 4.77. The summed E-state index contributed by atoms with van der Waals surface area (Å²) in [4.78, 5) is 37.0. The molecular formula is C26H43N5O3S2. The minimum atomic E-state index is -0.0212. The Morgan fingerprint density at radius 3 is 2.50 bits per heavy atom. The number of amides is 3. The molecule has 3 aliphatic rings. The van der Waals surface area contributed by atoms with Gasteiger partial charge in [0.05, 0.1) is 23.6 Å². The fourth-order valence-corrected chi connectivity index (χ4v) is 7.50. The van der Waals surface area contributed by atoms with Crippen molar-refractivity contribution in [3.05, 3.63) is 6.20 Å². The van der Waals surface area contributed by atoms with E-state index in [9.17, 15) is 9.59 Å². The van der Waals surface area contributed by atoms with E-state index < -0.39 is 0 Å². The lowest BCUT2D eigenvalue weighted by molar-refractivity contribution is -0.132. The number of thioether (sulfide) groups is 1. The second kappa shape index (κ2) is 14.0. The van der Waals surface area contributed by atoms with Crippen LogP contribution in [0.2, 0.25) is 0 Å². The number of nitrogens with zero attached hydrogens (tertiary/aromatic N) is 4. The highest BCUT2D eigenvalue weighted by Gasteiger charge is 2.35. The standard InChI is InChI=1S/C26H43N5O3S2/c1-3-4-23(32)30-11-9-22(10-12-30)31(21-7-5-20(2)6-8-21)26(33)28-25-27-19-24(36-25)35-18-15-29-13-16-34-17-14-29/h19-22H,3-18H2,1-2H3,(H,27,28,33)/t20-,21-. The lowest BCUT2D eigenvalue weighted by Crippen LogP contribution is -2.54. The molecule has 1 N–H and O–H groups in total. The second-order valence-corrected chi connectivity index (χ2v) is 12.8. The summed E-state index contributed by atoms with van der Waals surface area (Å²) in [7, 11) is 0. The van der Waals surface area contributed by atoms with Gasteiger partial charge in [0.25, 0.3) is 0 Å². The lowest BCUT2D eigenvalue weighted by atomic mass is 9.85. The second-order valence-electron chi connectivity index (χ2n) is 10.4. The summed E-state index contributed by atoms with van der Waals surface area (Å²) < 4.78 is 6.56. The van der Waals surface area contributed by atoms with Gasteiger partial charge in [0.2, 0.25) is 5.91 Å². The van der Waals surface area contributed by atoms with Crippen molar-refractivity contribution in [2.75, 3.05) is 57.0 Å². The molecule has 3 heterocycles. The Labute approximate surface area is 224 Å². The first-order valence-corrected chi connectivity index (χ1v) is 15.6. The van der Waals surface area contributed by atoms with Crippen LogP contribution in [0, 0.1) is 5.92 Å². The Morgan fingerprint density at radius 2 is 1.81 bits per heavy atom. The zero-order chi connectivity index (χ0) is 25.3. The molecule has 2 aliphatic heterocycles. The van der Waals surface area contributed by atoms with Crippen LogP contribution in [0.3, 0.4) is 0 Å². The van der Waals surface area contributed by atoms with Gasteiger partial charge in [-0.2, -0.15) is 0 Å². The average Bonchev–Trinajstić information content (AvgIpc) is 3.33. The first kappa shape index (κ1) is 27.7. The highest BCUT2D eigenvalue weighted by molar-refractivity contribution is 8.01. The van der Waals surface area contributed by atoms with Gasteiger partial charge >= 0.3 is 6.03 Å². The number of likely N-dealkylation sites (tertiary alicyclic amines) is 1. The first-order chi connectivity index (χ1) is 17.5. The summed E-state index contributed by atoms with van der Waals surface area (Å²) in [5.41, 5.74) is 0. The Morgan fingerprint density at radius 1 is 1.11 bits per heavy atom. The van der Waals surface area contributed by atoms with E-state index in [1.807, 2.05) is 18.0 Å². The highest BCUT2D eigenvalue weighted by Crippen LogP contribution is 2.33. The first-order valence-electron chi connectivity index (χ1n) is 13.8. The zero-order valence-electron chi connectivity index (χ0n) is 22.0. The van der Waals surface area contributed by atoms with E-state index in [-0.39, 0.29) is 24.0 Å². The summed E-state index contributed by atoms with van der Waals surface area (Å²) in [5, 5.41) is 3.82. The van der Waals surface area contributed by atoms with Gasteiger partial charge in [-0.15, -0.1) is 11.8 Å². The Hall–Kier alpha value is -1.36. The van der Waals surface area contributed by atoms with Crippen molar-refractivity contribution in [3.63, 3.8) is 0 Å². The number of anilines is 1. The molecule has 0 spiro atoms. The van der Waals surface area contributed by atoms with Gasteiger partial charge in [-0.3, -0.25) is 15.0 Å². The normalized spacial score (nSPS) is 24.0. The Bertz CT molecular complexity index is 831. The fourth-order valence-electron chi connectivity index (χ4n) is 5.56. The molecule has 8 nitrogen and oxygen atoms in total. The fraction of sp³-hybridized carbons (Fsp3) is 0.808. The van der Waals surface area contributed by atoms with Gasteiger partial charge in [0.15, 0.2) is 5.13 Å². The molecule has 0 atom stereocenters. The number of morpholine rings is 1. The molecule has 0 bridgehead atoms. The smallest absolute Gasteiger partial charge is 0.324 e. The number of urea groups is 1. The number of ether oxygens (including phenoxy) is 1. The SMILES string of the molecule is CCCC(=O)N1CCC(N(C(=O)Nc2ncc(SCCN3CCOCC3)s2)[C@H]2CC[C@H](C)CC2)CC1. The maximum absolute atomic E-state index is 13.6. The van der Waals surface area contributed by atoms with Crippen LogP contribution in [0.25, 0.3) is 0 Å². The molecule has 3 fully saturated rings. The zero-order valence-corrected chi connectivity index (χ0v) is 23.6. The lowest BCUT2D eigenvalue weighted by Gasteiger charge is -2.44. The monoisotopic (exact) mass is 537 g/mol. The van der Waals surface area contributed by atoms with E-state index in [1.54, 1.807) is 23.1 Å². The summed E-state index contributed by atoms with van der Waals surface area (Å²) in [6.07, 6.45) is 9.56. The minimum Gasteiger partial charge on any atom is -0.379 e. The van der Waals surface area contributed by atoms with Crippen molar-refractivity contribution in [2.45, 2.75) is 81.5 Å². The van der Waals surface area contributed by atoms with Crippen molar-refractivity contribution in [2.24, 2.45) is 5.92 Å². The van der Waals surface area contributed by atoms with Crippen LogP contribution in [-0.4, -0.2) is 95.4 Å². The van der Waals surface area contributed by atoms with Crippen LogP contribution in [0.4, 0.5) is 9.93 Å². The van der Waals surface area contributed by atoms with Gasteiger partial charge in [0.1, 0.15) is 0 Å². The molecule has 10 heteroatoms. The Kier molecular flexibility index (Phi) is 10.7. The molecule has 2 saturated heterocycles. The molecule has 202 valence electrons. The number of thiazole rings is 1. The van der Waals surface area contributed by atoms with Crippen LogP contribution in [-0.2, 0) is 9.53 Å². The van der Waals surface area contributed by atoms with E-state index in [4.69, 9.17) is 4.74 Å². The largest absolute Gasteiger partial charge is 0.379 e. The molecule has 1 aromatic heterocycles. The highest BCUT2D eigenvalue weighted by atomic mass is 32.2. The maximum Gasteiger partial charge on any atom is 0.324 e. The van der Waals surface area contributed by atoms with Crippen molar-refractivity contribution in [3.8, 4) is 0 Å². The van der Waals surface area contributed by atoms with Crippen molar-refractivity contribution < 1.29 is 14.3 Å². The van der Waals surface area contributed by atoms with Gasteiger partial charge < -0.3 is 14.5 Å². The van der Waals surface area contributed by atoms with Crippen LogP contribution in [0.1, 0.15) is 65.2 Å². The number of rotatable bonds is 9. The van der Waals surface area contributed by atoms with Gasteiger partial charge in [0, 0.05) is 57.0 Å². The molecule has 0 radical (unpaired) electrons. The van der Waals surface area contributed by atoms with Crippen LogP contribution in [0.15, 0.2) is 10.4 Å². The van der Waals surface area contributed by atoms with E-state index >= 15 is 0 Å². The van der Waals surface area contributed by atoms with Crippen molar-refractivity contribution in [1.82, 2.24) is 19.7 Å². The maximum atomic E-state index is 13.6. The number of nitrogens with one attached hydrogen (secondary N) is 1. The number of hydrogen-bond acceptors (Lipinski definition) is 7. The van der Waals surface area contributed by atoms with Crippen LogP contribution in [0.5, 0.6) is 0 Å². The third kappa shape index (κ3) is 7.82. The average molecular weight is 538 g/mol. The molecular weight excluding hydrogens is 494 g/mol. The summed E-state index contributed by atoms with van der Waals surface area (Å²) >= 11 is 3.37. The summed E-state index contributed by atoms with van der Waals surface area (Å²) in [5.74, 6) is 1.99. The van der Waals surface area contributed by atoms with Gasteiger partial charge in [-0.05, 0) is 50.9 Å². The number of piperidine rings is 1. The number of carbonyl (C=O) groups is 2. The van der Waals surface area contributed by atoms with Gasteiger partial charge in [-0.25, -0.2) is 9.78 Å². The topological polar surface area (TPSA) is 78.0 Å². The number of carbonyl (C=O) groups excluding carboxylic acids is 2. The predicted molar refractivity (Wildman–Crippen MR) is 147 cm³/mol. The third-order valence-electron chi connectivity index (χ3n) is 7.74. The quantitative estimate of drug-likeness (QED) is 0.457. The Balaban J connectivity index is 1.33. The van der Waals surface area contributed by atoms with Crippen LogP contribution >= 0.6 is 23.1 Å². The minimum absolute atomic E-state index is 0.0212. The summed E-state index contributed by atoms with van der Waals surface area (Å²) in [6.45, 7) is 10.6. The van der Waals surface area contributed by atoms with Crippen molar-refractivity contribution in [1.29, 1.82) is 0 Å². The van der Waals surface area contributed by atoms with E-state index in [1.165, 1.54) is 12.8 Å². The van der Waals surface area contributed by atoms with E-state index in [0.717, 1.165) is 93.9 Å².